The Hall–Kier alpha value is -8.81. The Balaban J connectivity index is 0.000000203. The molecule has 4 aliphatic heterocycles. The van der Waals surface area contributed by atoms with Gasteiger partial charge in [0.15, 0.2) is 28.5 Å². The van der Waals surface area contributed by atoms with Crippen LogP contribution in [0.25, 0.3) is 44.0 Å². The minimum Gasteiger partial charge on any atom is -0.426 e. The lowest BCUT2D eigenvalue weighted by atomic mass is 9.77. The first-order valence-electron chi connectivity index (χ1n) is 29.4. The van der Waals surface area contributed by atoms with Crippen molar-refractivity contribution in [2.75, 3.05) is 13.1 Å². The molecule has 0 spiro atoms. The lowest BCUT2D eigenvalue weighted by molar-refractivity contribution is -0.138. The number of para-hydroxylation sites is 2. The van der Waals surface area contributed by atoms with E-state index >= 15 is 8.78 Å². The van der Waals surface area contributed by atoms with Crippen LogP contribution in [0.3, 0.4) is 0 Å². The number of oxazole rings is 1. The molecule has 3 aromatic heterocycles. The quantitative estimate of drug-likeness (QED) is 0.0401. The number of hydrogen-bond acceptors (Lipinski definition) is 16. The highest BCUT2D eigenvalue weighted by atomic mass is 79.9. The molecular weight excluding hydrogens is 1370 g/mol. The molecule has 13 rings (SSSR count). The van der Waals surface area contributed by atoms with Gasteiger partial charge in [-0.3, -0.25) is 47.9 Å². The maximum Gasteiger partial charge on any atom is 0.497 e. The maximum absolute atomic E-state index is 15.6. The Kier molecular flexibility index (Phi) is 22.9. The van der Waals surface area contributed by atoms with Crippen molar-refractivity contribution in [1.29, 1.82) is 0 Å². The summed E-state index contributed by atoms with van der Waals surface area (Å²) in [6.07, 6.45) is -3.52. The molecule has 502 valence electrons. The monoisotopic (exact) mass is 1440 g/mol. The average molecular weight is 1440 g/mol. The van der Waals surface area contributed by atoms with Crippen molar-refractivity contribution in [3.8, 4) is 16.9 Å². The molecule has 4 amide bonds. The minimum absolute atomic E-state index is 0. The molecule has 0 aliphatic carbocycles. The van der Waals surface area contributed by atoms with Crippen LogP contribution in [-0.2, 0) is 88.0 Å². The Morgan fingerprint density at radius 2 is 1.18 bits per heavy atom. The molecule has 5 N–H and O–H groups in total. The highest BCUT2D eigenvalue weighted by Gasteiger charge is 2.53. The van der Waals surface area contributed by atoms with E-state index in [0.29, 0.717) is 50.6 Å². The van der Waals surface area contributed by atoms with Crippen molar-refractivity contribution in [1.82, 2.24) is 34.3 Å². The van der Waals surface area contributed by atoms with Gasteiger partial charge in [0.05, 0.1) is 59.3 Å². The van der Waals surface area contributed by atoms with Gasteiger partial charge < -0.3 is 39.7 Å². The minimum atomic E-state index is -1.43. The van der Waals surface area contributed by atoms with E-state index in [4.69, 9.17) is 29.9 Å². The molecule has 30 heteroatoms. The number of primary amides is 2. The Bertz CT molecular complexity index is 4550. The Morgan fingerprint density at radius 1 is 0.677 bits per heavy atom. The van der Waals surface area contributed by atoms with Crippen LogP contribution >= 0.6 is 29.4 Å². The number of carbonyl (C=O) groups excluding carboxylic acids is 7. The summed E-state index contributed by atoms with van der Waals surface area (Å²) in [5, 5.41) is 9.30. The number of alkyl halides is 2. The van der Waals surface area contributed by atoms with Crippen molar-refractivity contribution in [2.45, 2.75) is 116 Å². The van der Waals surface area contributed by atoms with Crippen LogP contribution in [0.1, 0.15) is 85.6 Å². The largest absolute Gasteiger partial charge is 0.497 e. The number of H-pyrrole nitrogens is 1. The smallest absolute Gasteiger partial charge is 0.426 e. The number of nitrogens with one attached hydrogen (secondary N) is 1. The van der Waals surface area contributed by atoms with Gasteiger partial charge in [-0.05, 0) is 86.8 Å². The van der Waals surface area contributed by atoms with Gasteiger partial charge in [-0.25, -0.2) is 22.4 Å². The number of carbonyl (C=O) groups is 7. The van der Waals surface area contributed by atoms with Crippen LogP contribution in [0.15, 0.2) is 135 Å². The first-order valence-corrected chi connectivity index (χ1v) is 31.5. The van der Waals surface area contributed by atoms with Gasteiger partial charge in [0, 0.05) is 79.9 Å². The van der Waals surface area contributed by atoms with Crippen LogP contribution in [0.5, 0.6) is 5.75 Å². The van der Waals surface area contributed by atoms with Gasteiger partial charge in [0.25, 0.3) is 11.8 Å². The molecule has 0 unspecified atom stereocenters. The summed E-state index contributed by atoms with van der Waals surface area (Å²) in [5.41, 5.74) is 13.3. The van der Waals surface area contributed by atoms with E-state index in [-0.39, 0.29) is 112 Å². The third-order valence-electron chi connectivity index (χ3n) is 17.0. The number of esters is 1. The molecule has 4 aliphatic rings. The SMILES string of the molecule is C.CC1(C)OB(c2cccc(CC(=O)[C@@H]3C[C@@H](F)CN3C(=O)Cn3nc(C(N)=O)c4ccccc43)c2F)OC1(C)C.NC(=O)c1nn(CC(=O)N2C[C@H](F)C[C@H]2C(=O)Cc2cccc(-c3ccc4oc(=O)[nH]c4c3)c2F)c2ccccc12.O=C1Cc2cc(Br)ccc2O1.S.S=S. The van der Waals surface area contributed by atoms with E-state index in [1.807, 2.05) is 39.8 Å². The lowest BCUT2D eigenvalue weighted by Crippen LogP contribution is -2.43. The van der Waals surface area contributed by atoms with E-state index in [1.54, 1.807) is 97.1 Å². The molecule has 9 aromatic rings. The molecule has 6 aromatic carbocycles. The van der Waals surface area contributed by atoms with Crippen LogP contribution in [0, 0.1) is 11.6 Å². The van der Waals surface area contributed by atoms with Gasteiger partial charge in [-0.1, -0.05) is 102 Å². The number of amides is 4. The number of nitrogens with zero attached hydrogens (tertiary/aromatic N) is 6. The number of likely N-dealkylation sites (tertiary alicyclic amines) is 2. The summed E-state index contributed by atoms with van der Waals surface area (Å²) in [7, 11) is -0.950. The molecule has 3 fully saturated rings. The van der Waals surface area contributed by atoms with Crippen molar-refractivity contribution < 1.29 is 69.6 Å². The number of hydrogen-bond donors (Lipinski definition) is 3. The second-order valence-electron chi connectivity index (χ2n) is 23.7. The number of ketones is 2. The van der Waals surface area contributed by atoms with Crippen LogP contribution in [0.4, 0.5) is 17.6 Å². The third-order valence-corrected chi connectivity index (χ3v) is 17.5. The molecule has 0 saturated carbocycles. The Morgan fingerprint density at radius 3 is 1.70 bits per heavy atom. The van der Waals surface area contributed by atoms with Crippen molar-refractivity contribution in [3.63, 3.8) is 0 Å². The molecule has 96 heavy (non-hydrogen) atoms. The molecule has 3 saturated heterocycles. The third kappa shape index (κ3) is 15.4. The zero-order valence-corrected chi connectivity index (χ0v) is 55.5. The summed E-state index contributed by atoms with van der Waals surface area (Å²) in [4.78, 5) is 104. The zero-order valence-electron chi connectivity index (χ0n) is 51.2. The molecule has 0 bridgehead atoms. The lowest BCUT2D eigenvalue weighted by Gasteiger charge is -2.32. The van der Waals surface area contributed by atoms with E-state index < -0.39 is 95.3 Å². The number of halogens is 5. The van der Waals surface area contributed by atoms with Crippen LogP contribution in [0.2, 0.25) is 0 Å². The number of nitrogens with two attached hydrogens (primary N) is 2. The zero-order chi connectivity index (χ0) is 67.7. The number of rotatable bonds is 14. The molecule has 4 atom stereocenters. The van der Waals surface area contributed by atoms with Crippen molar-refractivity contribution in [3.05, 3.63) is 176 Å². The summed E-state index contributed by atoms with van der Waals surface area (Å²) in [5.74, 6) is -4.99. The number of aromatic nitrogens is 5. The van der Waals surface area contributed by atoms with Gasteiger partial charge in [-0.2, -0.15) is 23.7 Å². The van der Waals surface area contributed by atoms with Crippen LogP contribution in [-0.4, -0.2) is 131 Å². The standard InChI is InChI=1S/C29H23F2N5O5.C28H31BF2N4O5.C8H5BrO2.CH4.S2.H2S/c30-17-12-22(35(13-17)25(38)14-36-21-7-2-1-5-19(21)27(34-36)28(32)39)23(37)11-16-4-3-6-18(26(16)31)15-8-9-24-20(10-15)33-29(40)41-24;1-27(2)28(3,4)40-29(39-27)19-10-7-8-16(24(19)31)12-22(36)21-13-17(30)14-34(21)23(37)15-35-20-11-6-5-9-18(20)25(33-35)26(32)38;9-6-1-2-7-5(3-6)4-8(10)11-7;;1-2;/h1-10,17,22H,11-14H2,(H2,32,39)(H,33,40);5-11,17,21H,12-15H2,1-4H3,(H2,32,38);1-3H,4H2;1H4;;1H2/t17-,22+;17-,21+;;;;/m11..../s1. The average Bonchev–Trinajstić information content (AvgIpc) is 1.61. The fourth-order valence-electron chi connectivity index (χ4n) is 11.7. The Labute approximate surface area is 572 Å². The van der Waals surface area contributed by atoms with Crippen molar-refractivity contribution >= 4 is 138 Å². The number of Topliss-reactive ketones (excluding diaryl/α,β-unsaturated/α-hetero) is 2. The predicted molar refractivity (Wildman–Crippen MR) is 364 cm³/mol. The highest BCUT2D eigenvalue weighted by Crippen LogP contribution is 2.38. The number of ether oxygens (including phenoxy) is 1. The van der Waals surface area contributed by atoms with Gasteiger partial charge >= 0.3 is 18.8 Å². The molecule has 7 heterocycles. The molecule has 0 radical (unpaired) electrons. The molecule has 21 nitrogen and oxygen atoms in total. The second-order valence-corrected chi connectivity index (χ2v) is 24.6. The number of aromatic amines is 1. The van der Waals surface area contributed by atoms with Gasteiger partial charge in [0.1, 0.15) is 42.8 Å². The maximum atomic E-state index is 15.6. The fraction of sp³-hybridized carbons (Fsp3) is 0.303. The second kappa shape index (κ2) is 30.1. The van der Waals surface area contributed by atoms with E-state index in [1.165, 1.54) is 26.4 Å². The van der Waals surface area contributed by atoms with E-state index in [2.05, 4.69) is 53.5 Å². The predicted octanol–water partition coefficient (Wildman–Crippen LogP) is 8.11. The van der Waals surface area contributed by atoms with E-state index in [0.717, 1.165) is 14.9 Å². The first-order chi connectivity index (χ1) is 44.7. The first kappa shape index (κ1) is 73.0. The molecular formula is C66H65BBrF4N9O12S3. The fourth-order valence-corrected chi connectivity index (χ4v) is 12.1. The summed E-state index contributed by atoms with van der Waals surface area (Å²) in [6, 6.07) is 30.9. The highest BCUT2D eigenvalue weighted by molar-refractivity contribution is 9.10. The summed E-state index contributed by atoms with van der Waals surface area (Å²) >= 11 is 10.7. The van der Waals surface area contributed by atoms with E-state index in [9.17, 15) is 47.1 Å². The summed E-state index contributed by atoms with van der Waals surface area (Å²) < 4.78 is 85.7. The normalized spacial score (nSPS) is 18.0. The van der Waals surface area contributed by atoms with Gasteiger partial charge in [-0.15, -0.1) is 0 Å². The van der Waals surface area contributed by atoms with Crippen molar-refractivity contribution in [2.24, 2.45) is 11.5 Å². The number of fused-ring (bicyclic) bond motifs is 4. The topological polar surface area (TPSA) is 287 Å². The van der Waals surface area contributed by atoms with Gasteiger partial charge in [0.2, 0.25) is 11.8 Å². The summed E-state index contributed by atoms with van der Waals surface area (Å²) in [6.45, 7) is 6.21. The van der Waals surface area contributed by atoms with Crippen LogP contribution < -0.4 is 27.4 Å². The number of benzene rings is 6.